The van der Waals surface area contributed by atoms with Crippen molar-refractivity contribution in [1.29, 1.82) is 0 Å². The van der Waals surface area contributed by atoms with Gasteiger partial charge in [0.15, 0.2) is 11.4 Å². The molecule has 0 aliphatic carbocycles. The molecular weight excluding hydrogens is 445 g/mol. The van der Waals surface area contributed by atoms with Crippen LogP contribution in [-0.4, -0.2) is 46.5 Å². The van der Waals surface area contributed by atoms with E-state index in [1.165, 1.54) is 24.4 Å². The monoisotopic (exact) mass is 465 g/mol. The number of amides is 1. The number of hydrogen-bond donors (Lipinski definition) is 1. The van der Waals surface area contributed by atoms with Gasteiger partial charge in [0.25, 0.3) is 5.91 Å². The zero-order valence-electron chi connectivity index (χ0n) is 17.5. The van der Waals surface area contributed by atoms with Gasteiger partial charge in [0, 0.05) is 29.5 Å². The van der Waals surface area contributed by atoms with E-state index in [9.17, 15) is 19.1 Å². The summed E-state index contributed by atoms with van der Waals surface area (Å²) in [6.07, 6.45) is 0.999. The summed E-state index contributed by atoms with van der Waals surface area (Å²) >= 11 is 1.67. The molecule has 0 bridgehead atoms. The Kier molecular flexibility index (Phi) is 4.70. The van der Waals surface area contributed by atoms with E-state index in [1.807, 2.05) is 29.3 Å². The van der Waals surface area contributed by atoms with Crippen molar-refractivity contribution < 1.29 is 19.0 Å². The molecule has 1 saturated heterocycles. The van der Waals surface area contributed by atoms with E-state index in [-0.39, 0.29) is 18.1 Å². The molecule has 1 amide bonds. The second-order valence-electron chi connectivity index (χ2n) is 8.23. The number of benzene rings is 2. The molecule has 0 saturated carbocycles. The molecule has 1 N–H and O–H groups in total. The van der Waals surface area contributed by atoms with Gasteiger partial charge < -0.3 is 14.7 Å². The third kappa shape index (κ3) is 3.07. The average Bonchev–Trinajstić information content (AvgIpc) is 2.98. The first-order valence-corrected chi connectivity index (χ1v) is 11.6. The van der Waals surface area contributed by atoms with Gasteiger partial charge in [-0.1, -0.05) is 24.3 Å². The van der Waals surface area contributed by atoms with Crippen LogP contribution in [0.15, 0.2) is 64.4 Å². The van der Waals surface area contributed by atoms with Gasteiger partial charge in [0.1, 0.15) is 12.0 Å². The van der Waals surface area contributed by atoms with Crippen LogP contribution in [0.2, 0.25) is 0 Å². The number of halogens is 1. The summed E-state index contributed by atoms with van der Waals surface area (Å²) < 4.78 is 21.8. The van der Waals surface area contributed by atoms with Crippen molar-refractivity contribution in [3.63, 3.8) is 0 Å². The lowest BCUT2D eigenvalue weighted by Gasteiger charge is -2.51. The normalized spacial score (nSPS) is 21.5. The van der Waals surface area contributed by atoms with Gasteiger partial charge >= 0.3 is 0 Å². The number of aromatic nitrogens is 1. The Balaban J connectivity index is 1.67. The van der Waals surface area contributed by atoms with Crippen LogP contribution in [0.25, 0.3) is 0 Å². The molecule has 0 unspecified atom stereocenters. The Morgan fingerprint density at radius 2 is 1.94 bits per heavy atom. The topological polar surface area (TPSA) is 75.0 Å². The predicted octanol–water partition coefficient (Wildman–Crippen LogP) is 2.84. The van der Waals surface area contributed by atoms with Gasteiger partial charge in [-0.3, -0.25) is 19.3 Å². The smallest absolute Gasteiger partial charge is 0.278 e. The maximum atomic E-state index is 14.5. The average molecular weight is 466 g/mol. The lowest BCUT2D eigenvalue weighted by atomic mass is 9.93. The SMILES string of the molecule is O=C1c2c(O)c(=O)ccn2N([C@H]2c3cc(F)ccc3CSc3ccccc32)[C@@H]2COCCN12. The number of fused-ring (bicyclic) bond motifs is 4. The fraction of sp³-hybridized carbons (Fsp3) is 0.250. The molecule has 3 aliphatic rings. The number of carbonyl (C=O) groups is 1. The Hall–Kier alpha value is -3.30. The molecule has 3 aliphatic heterocycles. The first-order chi connectivity index (χ1) is 16.0. The number of carbonyl (C=O) groups excluding carboxylic acids is 1. The van der Waals surface area contributed by atoms with E-state index < -0.39 is 29.3 Å². The molecule has 1 fully saturated rings. The summed E-state index contributed by atoms with van der Waals surface area (Å²) in [5.74, 6) is -0.696. The maximum absolute atomic E-state index is 14.5. The van der Waals surface area contributed by atoms with Crippen molar-refractivity contribution in [2.45, 2.75) is 22.9 Å². The molecule has 33 heavy (non-hydrogen) atoms. The summed E-state index contributed by atoms with van der Waals surface area (Å²) in [4.78, 5) is 28.2. The number of hydrogen-bond acceptors (Lipinski definition) is 6. The molecule has 1 aromatic heterocycles. The van der Waals surface area contributed by atoms with Crippen LogP contribution in [0, 0.1) is 5.82 Å². The lowest BCUT2D eigenvalue weighted by molar-refractivity contribution is -0.0197. The summed E-state index contributed by atoms with van der Waals surface area (Å²) in [7, 11) is 0. The second kappa shape index (κ2) is 7.64. The number of thioether (sulfide) groups is 1. The van der Waals surface area contributed by atoms with E-state index in [0.29, 0.717) is 18.9 Å². The Morgan fingerprint density at radius 1 is 1.09 bits per heavy atom. The van der Waals surface area contributed by atoms with Gasteiger partial charge in [-0.15, -0.1) is 11.8 Å². The van der Waals surface area contributed by atoms with Gasteiger partial charge in [-0.2, -0.15) is 0 Å². The Morgan fingerprint density at radius 3 is 2.82 bits per heavy atom. The minimum atomic E-state index is -0.621. The van der Waals surface area contributed by atoms with Gasteiger partial charge in [-0.25, -0.2) is 4.39 Å². The predicted molar refractivity (Wildman–Crippen MR) is 120 cm³/mol. The van der Waals surface area contributed by atoms with E-state index in [0.717, 1.165) is 21.6 Å². The van der Waals surface area contributed by atoms with Crippen LogP contribution < -0.4 is 10.4 Å². The molecule has 7 nitrogen and oxygen atoms in total. The van der Waals surface area contributed by atoms with E-state index >= 15 is 0 Å². The van der Waals surface area contributed by atoms with Gasteiger partial charge in [-0.05, 0) is 34.9 Å². The standard InChI is InChI=1S/C24H20FN3O4S/c25-15-6-5-14-13-33-19-4-2-1-3-16(19)21(17(14)11-15)28-20-12-32-10-9-26(20)24(31)22-23(30)18(29)7-8-27(22)28/h1-8,11,20-21,30H,9-10,12-13H2/t20-,21-/m1/s1. The van der Waals surface area contributed by atoms with Crippen molar-refractivity contribution in [2.75, 3.05) is 24.8 Å². The number of pyridine rings is 1. The van der Waals surface area contributed by atoms with Crippen LogP contribution in [-0.2, 0) is 10.5 Å². The third-order valence-electron chi connectivity index (χ3n) is 6.44. The Labute approximate surface area is 193 Å². The number of morpholine rings is 1. The van der Waals surface area contributed by atoms with E-state index in [1.54, 1.807) is 27.4 Å². The molecule has 9 heteroatoms. The quantitative estimate of drug-likeness (QED) is 0.596. The Bertz CT molecular complexity index is 1340. The van der Waals surface area contributed by atoms with Crippen LogP contribution in [0.5, 0.6) is 5.75 Å². The van der Waals surface area contributed by atoms with Crippen molar-refractivity contribution >= 4 is 17.7 Å². The number of rotatable bonds is 1. The van der Waals surface area contributed by atoms with E-state index in [4.69, 9.17) is 4.74 Å². The van der Waals surface area contributed by atoms with Crippen molar-refractivity contribution in [1.82, 2.24) is 9.58 Å². The highest BCUT2D eigenvalue weighted by molar-refractivity contribution is 7.98. The maximum Gasteiger partial charge on any atom is 0.278 e. The van der Waals surface area contributed by atoms with Crippen LogP contribution in [0.3, 0.4) is 0 Å². The highest BCUT2D eigenvalue weighted by Crippen LogP contribution is 2.44. The minimum absolute atomic E-state index is 0.0898. The fourth-order valence-corrected chi connectivity index (χ4v) is 6.02. The number of nitrogens with zero attached hydrogens (tertiary/aromatic N) is 3. The summed E-state index contributed by atoms with van der Waals surface area (Å²) in [5, 5.41) is 12.5. The lowest BCUT2D eigenvalue weighted by Crippen LogP contribution is -2.66. The molecular formula is C24H20FN3O4S. The molecule has 0 radical (unpaired) electrons. The zero-order chi connectivity index (χ0) is 22.7. The first kappa shape index (κ1) is 20.3. The fourth-order valence-electron chi connectivity index (χ4n) is 4.93. The highest BCUT2D eigenvalue weighted by atomic mass is 32.2. The van der Waals surface area contributed by atoms with Gasteiger partial charge in [0.2, 0.25) is 5.43 Å². The zero-order valence-corrected chi connectivity index (χ0v) is 18.3. The largest absolute Gasteiger partial charge is 0.502 e. The van der Waals surface area contributed by atoms with Gasteiger partial charge in [0.05, 0.1) is 19.3 Å². The first-order valence-electron chi connectivity index (χ1n) is 10.7. The second-order valence-corrected chi connectivity index (χ2v) is 9.25. The molecule has 168 valence electrons. The highest BCUT2D eigenvalue weighted by Gasteiger charge is 2.45. The van der Waals surface area contributed by atoms with Crippen LogP contribution in [0.4, 0.5) is 4.39 Å². The molecule has 3 aromatic rings. The molecule has 4 heterocycles. The van der Waals surface area contributed by atoms with Crippen molar-refractivity contribution in [2.24, 2.45) is 0 Å². The summed E-state index contributed by atoms with van der Waals surface area (Å²) in [6.45, 7) is 0.923. The minimum Gasteiger partial charge on any atom is -0.502 e. The summed E-state index contributed by atoms with van der Waals surface area (Å²) in [6, 6.07) is 13.5. The van der Waals surface area contributed by atoms with E-state index in [2.05, 4.69) is 0 Å². The number of ether oxygens (including phenoxy) is 1. The number of aromatic hydroxyl groups is 1. The molecule has 2 aromatic carbocycles. The molecule has 6 rings (SSSR count). The molecule has 2 atom stereocenters. The van der Waals surface area contributed by atoms with Crippen LogP contribution >= 0.6 is 11.8 Å². The van der Waals surface area contributed by atoms with Crippen molar-refractivity contribution in [3.8, 4) is 5.75 Å². The molecule has 0 spiro atoms. The van der Waals surface area contributed by atoms with Crippen LogP contribution in [0.1, 0.15) is 33.2 Å². The third-order valence-corrected chi connectivity index (χ3v) is 7.58. The summed E-state index contributed by atoms with van der Waals surface area (Å²) in [5.41, 5.74) is 2.00. The van der Waals surface area contributed by atoms with Crippen molar-refractivity contribution in [3.05, 3.63) is 93.2 Å².